The third kappa shape index (κ3) is 3.93. The van der Waals surface area contributed by atoms with E-state index in [0.29, 0.717) is 12.2 Å². The average molecular weight is 267 g/mol. The van der Waals surface area contributed by atoms with Gasteiger partial charge in [-0.2, -0.15) is 0 Å². The lowest BCUT2D eigenvalue weighted by atomic mass is 10.1. The largest absolute Gasteiger partial charge is 0.492 e. The number of carbonyl (C=O) groups is 1. The molecule has 0 saturated carbocycles. The summed E-state index contributed by atoms with van der Waals surface area (Å²) in [5.74, 6) is 0.778. The van der Waals surface area contributed by atoms with Crippen molar-refractivity contribution >= 4 is 16.8 Å². The van der Waals surface area contributed by atoms with Crippen LogP contribution in [0.5, 0.6) is 5.75 Å². The van der Waals surface area contributed by atoms with Gasteiger partial charge in [0.05, 0.1) is 6.42 Å². The van der Waals surface area contributed by atoms with E-state index in [-0.39, 0.29) is 0 Å². The zero-order valence-corrected chi connectivity index (χ0v) is 11.0. The van der Waals surface area contributed by atoms with Crippen molar-refractivity contribution in [3.8, 4) is 5.75 Å². The van der Waals surface area contributed by atoms with Crippen molar-refractivity contribution in [1.29, 1.82) is 0 Å². The predicted molar refractivity (Wildman–Crippen MR) is 72.1 cm³/mol. The van der Waals surface area contributed by atoms with Crippen LogP contribution in [0.3, 0.4) is 0 Å². The molecule has 4 heteroatoms. The molecule has 0 aromatic heterocycles. The molecule has 0 aliphatic carbocycles. The van der Waals surface area contributed by atoms with Gasteiger partial charge in [0.2, 0.25) is 0 Å². The second-order valence-electron chi connectivity index (χ2n) is 4.35. The van der Waals surface area contributed by atoms with Crippen LogP contribution in [0, 0.1) is 6.42 Å². The zero-order chi connectivity index (χ0) is 12.8. The topological polar surface area (TPSA) is 29.5 Å². The normalized spacial score (nSPS) is 16.1. The summed E-state index contributed by atoms with van der Waals surface area (Å²) in [6, 6.07) is 6.92. The summed E-state index contributed by atoms with van der Waals surface area (Å²) in [6.07, 6.45) is 4.68. The molecule has 0 N–H and O–H groups in total. The molecule has 1 aromatic rings. The number of carbonyl (C=O) groups excluding carboxylic acids is 1. The third-order valence-corrected chi connectivity index (χ3v) is 3.27. The quantitative estimate of drug-likeness (QED) is 0.606. The smallest absolute Gasteiger partial charge is 0.252 e. The van der Waals surface area contributed by atoms with E-state index in [9.17, 15) is 4.79 Å². The number of hydrogen-bond donors (Lipinski definition) is 0. The molecule has 0 amide bonds. The van der Waals surface area contributed by atoms with E-state index in [2.05, 4.69) is 11.3 Å². The molecule has 2 rings (SSSR count). The van der Waals surface area contributed by atoms with Gasteiger partial charge in [-0.05, 0) is 35.9 Å². The van der Waals surface area contributed by atoms with Crippen molar-refractivity contribution in [2.24, 2.45) is 0 Å². The minimum absolute atomic E-state index is 0.439. The highest BCUT2D eigenvalue weighted by atomic mass is 35.5. The Morgan fingerprint density at radius 2 is 1.94 bits per heavy atom. The molecular weight excluding hydrogens is 250 g/mol. The Labute approximate surface area is 113 Å². The van der Waals surface area contributed by atoms with Crippen LogP contribution < -0.4 is 4.74 Å². The van der Waals surface area contributed by atoms with Gasteiger partial charge in [0, 0.05) is 25.2 Å². The Morgan fingerprint density at radius 1 is 1.28 bits per heavy atom. The molecule has 1 aliphatic rings. The first-order chi connectivity index (χ1) is 8.75. The number of ether oxygens (including phenoxy) is 1. The molecule has 1 aliphatic heterocycles. The lowest BCUT2D eigenvalue weighted by Crippen LogP contribution is -2.33. The van der Waals surface area contributed by atoms with Gasteiger partial charge >= 0.3 is 0 Å². The number of hydrogen-bond acceptors (Lipinski definition) is 3. The summed E-state index contributed by atoms with van der Waals surface area (Å²) < 4.78 is 5.64. The molecule has 1 fully saturated rings. The molecule has 0 bridgehead atoms. The Balaban J connectivity index is 1.74. The van der Waals surface area contributed by atoms with Crippen LogP contribution in [0.2, 0.25) is 0 Å². The second kappa shape index (κ2) is 6.66. The Morgan fingerprint density at radius 3 is 2.56 bits per heavy atom. The standard InChI is InChI=1S/C14H17ClNO2/c15-14(17)12-4-6-13(7-5-12)18-11-10-16-8-2-1-3-9-16/h1,4-7H,2-3,8-11H2/q+1. The highest BCUT2D eigenvalue weighted by Crippen LogP contribution is 2.14. The van der Waals surface area contributed by atoms with Crippen molar-refractivity contribution in [3.05, 3.63) is 36.2 Å². The summed E-state index contributed by atoms with van der Waals surface area (Å²) in [7, 11) is 0. The first-order valence-corrected chi connectivity index (χ1v) is 6.60. The van der Waals surface area contributed by atoms with Crippen molar-refractivity contribution in [2.75, 3.05) is 26.2 Å². The summed E-state index contributed by atoms with van der Waals surface area (Å²) in [4.78, 5) is 13.3. The minimum atomic E-state index is -0.439. The Bertz CT molecular complexity index is 385. The number of piperidine rings is 1. The molecule has 1 heterocycles. The zero-order valence-electron chi connectivity index (χ0n) is 10.3. The molecule has 1 aromatic carbocycles. The maximum absolute atomic E-state index is 10.9. The molecule has 96 valence electrons. The number of halogens is 1. The fourth-order valence-electron chi connectivity index (χ4n) is 2.00. The van der Waals surface area contributed by atoms with Gasteiger partial charge in [0.25, 0.3) is 5.24 Å². The Hall–Kier alpha value is -1.19. The first kappa shape index (κ1) is 13.2. The van der Waals surface area contributed by atoms with Crippen LogP contribution in [0.4, 0.5) is 0 Å². The highest BCUT2D eigenvalue weighted by Gasteiger charge is 2.14. The van der Waals surface area contributed by atoms with Crippen LogP contribution in [0.1, 0.15) is 23.2 Å². The number of nitrogens with zero attached hydrogens (tertiary/aromatic N) is 1. The van der Waals surface area contributed by atoms with E-state index in [1.54, 1.807) is 24.3 Å². The monoisotopic (exact) mass is 266 g/mol. The van der Waals surface area contributed by atoms with E-state index in [1.807, 2.05) is 0 Å². The maximum atomic E-state index is 10.9. The molecule has 0 atom stereocenters. The third-order valence-electron chi connectivity index (χ3n) is 3.06. The van der Waals surface area contributed by atoms with Gasteiger partial charge in [0.1, 0.15) is 25.2 Å². The second-order valence-corrected chi connectivity index (χ2v) is 4.70. The molecule has 0 spiro atoms. The van der Waals surface area contributed by atoms with Gasteiger partial charge in [-0.3, -0.25) is 9.69 Å². The van der Waals surface area contributed by atoms with Crippen LogP contribution in [-0.2, 0) is 0 Å². The van der Waals surface area contributed by atoms with E-state index in [4.69, 9.17) is 16.3 Å². The predicted octanol–water partition coefficient (Wildman–Crippen LogP) is 2.74. The van der Waals surface area contributed by atoms with Crippen molar-refractivity contribution in [2.45, 2.75) is 12.8 Å². The number of benzene rings is 1. The van der Waals surface area contributed by atoms with Crippen LogP contribution in [0.15, 0.2) is 24.3 Å². The van der Waals surface area contributed by atoms with Crippen LogP contribution in [0.25, 0.3) is 0 Å². The summed E-state index contributed by atoms with van der Waals surface area (Å²) in [5.41, 5.74) is 0.496. The number of rotatable bonds is 5. The average Bonchev–Trinajstić information content (AvgIpc) is 2.40. The van der Waals surface area contributed by atoms with E-state index in [1.165, 1.54) is 12.8 Å². The van der Waals surface area contributed by atoms with Gasteiger partial charge in [-0.15, -0.1) is 0 Å². The summed E-state index contributed by atoms with van der Waals surface area (Å²) >= 11 is 5.37. The molecule has 18 heavy (non-hydrogen) atoms. The van der Waals surface area contributed by atoms with Crippen molar-refractivity contribution < 1.29 is 9.53 Å². The maximum Gasteiger partial charge on any atom is 0.252 e. The van der Waals surface area contributed by atoms with E-state index < -0.39 is 5.24 Å². The van der Waals surface area contributed by atoms with Crippen molar-refractivity contribution in [1.82, 2.24) is 4.90 Å². The van der Waals surface area contributed by atoms with E-state index in [0.717, 1.165) is 25.4 Å². The molecule has 1 saturated heterocycles. The van der Waals surface area contributed by atoms with Crippen LogP contribution in [-0.4, -0.2) is 36.4 Å². The Kier molecular flexibility index (Phi) is 4.90. The highest BCUT2D eigenvalue weighted by molar-refractivity contribution is 6.67. The minimum Gasteiger partial charge on any atom is -0.492 e. The lowest BCUT2D eigenvalue weighted by molar-refractivity contribution is 0.108. The summed E-state index contributed by atoms with van der Waals surface area (Å²) in [5, 5.41) is -0.439. The number of likely N-dealkylation sites (tertiary alicyclic amines) is 1. The van der Waals surface area contributed by atoms with Gasteiger partial charge in [0.15, 0.2) is 0 Å². The lowest BCUT2D eigenvalue weighted by Gasteiger charge is -2.22. The molecule has 3 nitrogen and oxygen atoms in total. The summed E-state index contributed by atoms with van der Waals surface area (Å²) in [6.45, 7) is 3.88. The van der Waals surface area contributed by atoms with Gasteiger partial charge < -0.3 is 4.74 Å². The first-order valence-electron chi connectivity index (χ1n) is 6.22. The molecular formula is C14H17ClNO2+. The molecule has 0 unspecified atom stereocenters. The molecule has 0 radical (unpaired) electrons. The van der Waals surface area contributed by atoms with Crippen LogP contribution >= 0.6 is 11.6 Å². The van der Waals surface area contributed by atoms with E-state index >= 15 is 0 Å². The SMILES string of the molecule is O=C(Cl)c1ccc(OCCN2CC[CH+]CC2)cc1. The fraction of sp³-hybridized carbons (Fsp3) is 0.429. The van der Waals surface area contributed by atoms with Crippen molar-refractivity contribution in [3.63, 3.8) is 0 Å². The fourth-order valence-corrected chi connectivity index (χ4v) is 2.13. The van der Waals surface area contributed by atoms with Gasteiger partial charge in [-0.25, -0.2) is 0 Å². The van der Waals surface area contributed by atoms with Gasteiger partial charge in [-0.1, -0.05) is 0 Å².